The highest BCUT2D eigenvalue weighted by atomic mass is 35.5. The van der Waals surface area contributed by atoms with Crippen molar-refractivity contribution < 1.29 is 13.9 Å². The number of carbonyl (C=O) groups is 1. The fourth-order valence-electron chi connectivity index (χ4n) is 1.77. The molecule has 0 aliphatic rings. The number of pyridine rings is 1. The molecule has 1 heterocycles. The van der Waals surface area contributed by atoms with Crippen LogP contribution in [-0.4, -0.2) is 17.5 Å². The number of nitrogens with one attached hydrogen (secondary N) is 1. The van der Waals surface area contributed by atoms with Crippen LogP contribution in [0.15, 0.2) is 36.5 Å². The maximum absolute atomic E-state index is 13.2. The highest BCUT2D eigenvalue weighted by molar-refractivity contribution is 6.33. The van der Waals surface area contributed by atoms with E-state index < -0.39 is 11.7 Å². The molecule has 21 heavy (non-hydrogen) atoms. The van der Waals surface area contributed by atoms with Gasteiger partial charge in [-0.1, -0.05) is 17.7 Å². The second-order valence-electron chi connectivity index (χ2n) is 4.21. The minimum atomic E-state index is -0.513. The van der Waals surface area contributed by atoms with Crippen LogP contribution in [0, 0.1) is 5.82 Å². The van der Waals surface area contributed by atoms with Crippen molar-refractivity contribution in [1.82, 2.24) is 10.3 Å². The normalized spacial score (nSPS) is 10.2. The van der Waals surface area contributed by atoms with Crippen LogP contribution in [0.5, 0.6) is 5.88 Å². The van der Waals surface area contributed by atoms with Gasteiger partial charge in [0.25, 0.3) is 5.91 Å². The number of halogens is 2. The molecule has 0 fully saturated rings. The molecule has 6 heteroatoms. The zero-order valence-electron chi connectivity index (χ0n) is 11.4. The van der Waals surface area contributed by atoms with Crippen molar-refractivity contribution in [2.24, 2.45) is 0 Å². The molecule has 1 aromatic heterocycles. The summed E-state index contributed by atoms with van der Waals surface area (Å²) < 4.78 is 18.5. The molecule has 2 aromatic rings. The summed E-state index contributed by atoms with van der Waals surface area (Å²) >= 11 is 5.89. The summed E-state index contributed by atoms with van der Waals surface area (Å²) in [5, 5.41) is 2.87. The summed E-state index contributed by atoms with van der Waals surface area (Å²) in [7, 11) is 0. The van der Waals surface area contributed by atoms with Crippen LogP contribution in [0.25, 0.3) is 0 Å². The standard InChI is InChI=1S/C15H14ClFN2O2/c1-2-21-15-10(4-3-7-18-15)9-19-14(20)12-8-11(17)5-6-13(12)16/h3-8H,2,9H2,1H3,(H,19,20). The van der Waals surface area contributed by atoms with E-state index in [4.69, 9.17) is 16.3 Å². The SMILES string of the molecule is CCOc1ncccc1CNC(=O)c1cc(F)ccc1Cl. The number of benzene rings is 1. The van der Waals surface area contributed by atoms with E-state index >= 15 is 0 Å². The molecule has 0 unspecified atom stereocenters. The van der Waals surface area contributed by atoms with Gasteiger partial charge in [0.2, 0.25) is 5.88 Å². The first-order valence-corrected chi connectivity index (χ1v) is 6.79. The number of hydrogen-bond donors (Lipinski definition) is 1. The van der Waals surface area contributed by atoms with Gasteiger partial charge in [-0.25, -0.2) is 9.37 Å². The minimum absolute atomic E-state index is 0.0958. The highest BCUT2D eigenvalue weighted by Crippen LogP contribution is 2.18. The molecule has 0 saturated heterocycles. The summed E-state index contributed by atoms with van der Waals surface area (Å²) in [6, 6.07) is 7.20. The quantitative estimate of drug-likeness (QED) is 0.923. The number of aromatic nitrogens is 1. The van der Waals surface area contributed by atoms with Gasteiger partial charge in [-0.2, -0.15) is 0 Å². The third-order valence-corrected chi connectivity index (χ3v) is 3.07. The smallest absolute Gasteiger partial charge is 0.253 e. The zero-order chi connectivity index (χ0) is 15.2. The summed E-state index contributed by atoms with van der Waals surface area (Å²) in [5.74, 6) is -0.502. The largest absolute Gasteiger partial charge is 0.478 e. The summed E-state index contributed by atoms with van der Waals surface area (Å²) in [5.41, 5.74) is 0.832. The molecule has 0 radical (unpaired) electrons. The maximum Gasteiger partial charge on any atom is 0.253 e. The summed E-state index contributed by atoms with van der Waals surface area (Å²) in [4.78, 5) is 16.1. The lowest BCUT2D eigenvalue weighted by atomic mass is 10.2. The fourth-order valence-corrected chi connectivity index (χ4v) is 1.97. The molecule has 1 amide bonds. The Bertz CT molecular complexity index is 649. The van der Waals surface area contributed by atoms with E-state index in [0.717, 1.165) is 11.6 Å². The van der Waals surface area contributed by atoms with E-state index in [-0.39, 0.29) is 17.1 Å². The number of hydrogen-bond acceptors (Lipinski definition) is 3. The predicted octanol–water partition coefficient (Wildman–Crippen LogP) is 3.20. The number of ether oxygens (including phenoxy) is 1. The number of amides is 1. The van der Waals surface area contributed by atoms with Crippen molar-refractivity contribution in [3.05, 3.63) is 58.5 Å². The Kier molecular flexibility index (Phi) is 5.11. The molecule has 4 nitrogen and oxygen atoms in total. The first kappa shape index (κ1) is 15.3. The molecule has 2 rings (SSSR count). The predicted molar refractivity (Wildman–Crippen MR) is 78.0 cm³/mol. The Morgan fingerprint density at radius 2 is 2.24 bits per heavy atom. The Labute approximate surface area is 126 Å². The van der Waals surface area contributed by atoms with Gasteiger partial charge in [-0.3, -0.25) is 4.79 Å². The first-order valence-electron chi connectivity index (χ1n) is 6.41. The Morgan fingerprint density at radius 1 is 1.43 bits per heavy atom. The van der Waals surface area contributed by atoms with Gasteiger partial charge >= 0.3 is 0 Å². The van der Waals surface area contributed by atoms with Crippen LogP contribution in [0.4, 0.5) is 4.39 Å². The van der Waals surface area contributed by atoms with Crippen molar-refractivity contribution in [2.75, 3.05) is 6.61 Å². The third kappa shape index (κ3) is 3.92. The highest BCUT2D eigenvalue weighted by Gasteiger charge is 2.12. The van der Waals surface area contributed by atoms with E-state index in [1.165, 1.54) is 12.1 Å². The molecule has 0 atom stereocenters. The van der Waals surface area contributed by atoms with Crippen LogP contribution in [0.1, 0.15) is 22.8 Å². The maximum atomic E-state index is 13.2. The van der Waals surface area contributed by atoms with Crippen molar-refractivity contribution in [1.29, 1.82) is 0 Å². The van der Waals surface area contributed by atoms with Gasteiger partial charge in [0.1, 0.15) is 5.82 Å². The van der Waals surface area contributed by atoms with Crippen molar-refractivity contribution >= 4 is 17.5 Å². The van der Waals surface area contributed by atoms with Crippen LogP contribution in [0.2, 0.25) is 5.02 Å². The monoisotopic (exact) mass is 308 g/mol. The Hall–Kier alpha value is -2.14. The molecule has 0 spiro atoms. The first-order chi connectivity index (χ1) is 10.1. The van der Waals surface area contributed by atoms with Crippen LogP contribution in [-0.2, 0) is 6.54 Å². The van der Waals surface area contributed by atoms with E-state index in [1.807, 2.05) is 6.92 Å². The van der Waals surface area contributed by atoms with Crippen molar-refractivity contribution in [2.45, 2.75) is 13.5 Å². The second-order valence-corrected chi connectivity index (χ2v) is 4.61. The van der Waals surface area contributed by atoms with E-state index in [0.29, 0.717) is 12.5 Å². The van der Waals surface area contributed by atoms with Gasteiger partial charge in [-0.05, 0) is 31.2 Å². The lowest BCUT2D eigenvalue weighted by molar-refractivity contribution is 0.0950. The lowest BCUT2D eigenvalue weighted by Crippen LogP contribution is -2.23. The van der Waals surface area contributed by atoms with Crippen molar-refractivity contribution in [3.63, 3.8) is 0 Å². The number of rotatable bonds is 5. The molecule has 0 aliphatic heterocycles. The van der Waals surface area contributed by atoms with Crippen molar-refractivity contribution in [3.8, 4) is 5.88 Å². The fraction of sp³-hybridized carbons (Fsp3) is 0.200. The molecule has 110 valence electrons. The molecule has 0 aliphatic carbocycles. The van der Waals surface area contributed by atoms with Gasteiger partial charge in [0.05, 0.1) is 17.2 Å². The molecule has 1 N–H and O–H groups in total. The summed E-state index contributed by atoms with van der Waals surface area (Å²) in [6.07, 6.45) is 1.61. The van der Waals surface area contributed by atoms with E-state index in [9.17, 15) is 9.18 Å². The minimum Gasteiger partial charge on any atom is -0.478 e. The van der Waals surface area contributed by atoms with Gasteiger partial charge in [0.15, 0.2) is 0 Å². The summed E-state index contributed by atoms with van der Waals surface area (Å²) in [6.45, 7) is 2.55. The molecular weight excluding hydrogens is 295 g/mol. The van der Waals surface area contributed by atoms with Crippen LogP contribution in [0.3, 0.4) is 0 Å². The van der Waals surface area contributed by atoms with E-state index in [1.54, 1.807) is 18.3 Å². The second kappa shape index (κ2) is 7.04. The molecule has 0 bridgehead atoms. The van der Waals surface area contributed by atoms with Crippen LogP contribution >= 0.6 is 11.6 Å². The van der Waals surface area contributed by atoms with Gasteiger partial charge in [0, 0.05) is 18.3 Å². The Morgan fingerprint density at radius 3 is 3.00 bits per heavy atom. The number of carbonyl (C=O) groups excluding carboxylic acids is 1. The van der Waals surface area contributed by atoms with Gasteiger partial charge in [-0.15, -0.1) is 0 Å². The zero-order valence-corrected chi connectivity index (χ0v) is 12.2. The Balaban J connectivity index is 2.09. The lowest BCUT2D eigenvalue weighted by Gasteiger charge is -2.10. The third-order valence-electron chi connectivity index (χ3n) is 2.74. The van der Waals surface area contributed by atoms with E-state index in [2.05, 4.69) is 10.3 Å². The topological polar surface area (TPSA) is 51.2 Å². The van der Waals surface area contributed by atoms with Gasteiger partial charge < -0.3 is 10.1 Å². The van der Waals surface area contributed by atoms with Crippen LogP contribution < -0.4 is 10.1 Å². The number of nitrogens with zero attached hydrogens (tertiary/aromatic N) is 1. The molecule has 0 saturated carbocycles. The average molecular weight is 309 g/mol. The average Bonchev–Trinajstić information content (AvgIpc) is 2.49. The molecular formula is C15H14ClFN2O2. The molecule has 1 aromatic carbocycles.